The zero-order valence-corrected chi connectivity index (χ0v) is 16.0. The number of nitrogens with zero attached hydrogens (tertiary/aromatic N) is 3. The van der Waals surface area contributed by atoms with Crippen LogP contribution in [0.4, 0.5) is 0 Å². The van der Waals surface area contributed by atoms with E-state index in [1.807, 2.05) is 53.1 Å². The van der Waals surface area contributed by atoms with Crippen molar-refractivity contribution in [3.05, 3.63) is 76.9 Å². The molecule has 1 aliphatic heterocycles. The van der Waals surface area contributed by atoms with E-state index >= 15 is 0 Å². The van der Waals surface area contributed by atoms with Crippen LogP contribution in [0.5, 0.6) is 0 Å². The fraction of sp³-hybridized carbons (Fsp3) is 0.217. The molecule has 0 spiro atoms. The number of hydrogen-bond acceptors (Lipinski definition) is 5. The molecule has 1 fully saturated rings. The van der Waals surface area contributed by atoms with Gasteiger partial charge >= 0.3 is 0 Å². The van der Waals surface area contributed by atoms with Crippen LogP contribution in [0.1, 0.15) is 5.56 Å². The Labute approximate surface area is 167 Å². The average Bonchev–Trinajstić information content (AvgIpc) is 3.23. The SMILES string of the molecule is O=c1cc(-c2cc3cccn3cn2)oc2ccc(/C=C\CN3CCOCC3)cc12. The lowest BCUT2D eigenvalue weighted by atomic mass is 10.1. The van der Waals surface area contributed by atoms with Crippen LogP contribution in [0.25, 0.3) is 34.0 Å². The van der Waals surface area contributed by atoms with Gasteiger partial charge in [0.05, 0.1) is 24.9 Å². The quantitative estimate of drug-likeness (QED) is 0.537. The molecule has 0 radical (unpaired) electrons. The first kappa shape index (κ1) is 17.8. The third-order valence-electron chi connectivity index (χ3n) is 5.20. The van der Waals surface area contributed by atoms with Crippen molar-refractivity contribution in [1.29, 1.82) is 0 Å². The van der Waals surface area contributed by atoms with E-state index in [1.165, 1.54) is 6.07 Å². The predicted molar refractivity (Wildman–Crippen MR) is 113 cm³/mol. The van der Waals surface area contributed by atoms with Crippen LogP contribution >= 0.6 is 0 Å². The maximum absolute atomic E-state index is 12.7. The highest BCUT2D eigenvalue weighted by molar-refractivity contribution is 5.81. The third kappa shape index (κ3) is 3.72. The van der Waals surface area contributed by atoms with Gasteiger partial charge in [-0.3, -0.25) is 9.69 Å². The number of morpholine rings is 1. The van der Waals surface area contributed by atoms with E-state index in [9.17, 15) is 4.79 Å². The normalized spacial score (nSPS) is 15.6. The van der Waals surface area contributed by atoms with Gasteiger partial charge in [0.15, 0.2) is 11.2 Å². The van der Waals surface area contributed by atoms with Crippen molar-refractivity contribution >= 4 is 22.6 Å². The average molecular weight is 387 g/mol. The monoisotopic (exact) mass is 387 g/mol. The van der Waals surface area contributed by atoms with E-state index in [1.54, 1.807) is 6.33 Å². The summed E-state index contributed by atoms with van der Waals surface area (Å²) in [5.74, 6) is 0.474. The van der Waals surface area contributed by atoms with Crippen molar-refractivity contribution in [2.24, 2.45) is 0 Å². The first-order valence-corrected chi connectivity index (χ1v) is 9.74. The highest BCUT2D eigenvalue weighted by Crippen LogP contribution is 2.22. The summed E-state index contributed by atoms with van der Waals surface area (Å²) in [7, 11) is 0. The van der Waals surface area contributed by atoms with Crippen LogP contribution in [-0.2, 0) is 4.74 Å². The Kier molecular flexibility index (Phi) is 4.71. The lowest BCUT2D eigenvalue weighted by Crippen LogP contribution is -2.36. The second-order valence-corrected chi connectivity index (χ2v) is 7.16. The molecular formula is C23H21N3O3. The van der Waals surface area contributed by atoms with E-state index in [4.69, 9.17) is 9.15 Å². The maximum Gasteiger partial charge on any atom is 0.193 e. The van der Waals surface area contributed by atoms with Crippen molar-refractivity contribution in [1.82, 2.24) is 14.3 Å². The minimum absolute atomic E-state index is 0.0678. The Balaban J connectivity index is 1.42. The Morgan fingerprint density at radius 2 is 2.00 bits per heavy atom. The van der Waals surface area contributed by atoms with E-state index in [0.717, 1.165) is 43.9 Å². The number of ether oxygens (including phenoxy) is 1. The van der Waals surface area contributed by atoms with Gasteiger partial charge in [0.2, 0.25) is 0 Å². The minimum Gasteiger partial charge on any atom is -0.454 e. The molecule has 1 aromatic carbocycles. The molecule has 3 aromatic heterocycles. The first-order valence-electron chi connectivity index (χ1n) is 9.74. The maximum atomic E-state index is 12.7. The van der Waals surface area contributed by atoms with Crippen molar-refractivity contribution in [2.75, 3.05) is 32.8 Å². The topological polar surface area (TPSA) is 60.0 Å². The largest absolute Gasteiger partial charge is 0.454 e. The van der Waals surface area contributed by atoms with Crippen molar-refractivity contribution < 1.29 is 9.15 Å². The molecule has 1 aliphatic rings. The molecule has 6 heteroatoms. The van der Waals surface area contributed by atoms with E-state index < -0.39 is 0 Å². The summed E-state index contributed by atoms with van der Waals surface area (Å²) >= 11 is 0. The van der Waals surface area contributed by atoms with E-state index in [2.05, 4.69) is 16.0 Å². The molecular weight excluding hydrogens is 366 g/mol. The Morgan fingerprint density at radius 1 is 1.10 bits per heavy atom. The van der Waals surface area contributed by atoms with Gasteiger partial charge < -0.3 is 13.6 Å². The summed E-state index contributed by atoms with van der Waals surface area (Å²) in [6, 6.07) is 13.1. The minimum atomic E-state index is -0.0678. The van der Waals surface area contributed by atoms with E-state index in [-0.39, 0.29) is 5.43 Å². The van der Waals surface area contributed by atoms with Crippen LogP contribution in [0.2, 0.25) is 0 Å². The zero-order chi connectivity index (χ0) is 19.6. The second-order valence-electron chi connectivity index (χ2n) is 7.16. The highest BCUT2D eigenvalue weighted by Gasteiger charge is 2.10. The summed E-state index contributed by atoms with van der Waals surface area (Å²) in [5.41, 5.74) is 3.12. The molecule has 146 valence electrons. The smallest absolute Gasteiger partial charge is 0.193 e. The van der Waals surface area contributed by atoms with Crippen molar-refractivity contribution in [2.45, 2.75) is 0 Å². The molecule has 29 heavy (non-hydrogen) atoms. The second kappa shape index (κ2) is 7.66. The van der Waals surface area contributed by atoms with Crippen LogP contribution in [0.15, 0.2) is 70.3 Å². The molecule has 0 bridgehead atoms. The van der Waals surface area contributed by atoms with Gasteiger partial charge in [-0.05, 0) is 35.9 Å². The molecule has 6 nitrogen and oxygen atoms in total. The lowest BCUT2D eigenvalue weighted by Gasteiger charge is -2.25. The summed E-state index contributed by atoms with van der Waals surface area (Å²) in [6.45, 7) is 4.37. The molecule has 0 saturated carbocycles. The molecule has 0 aliphatic carbocycles. The standard InChI is InChI=1S/C23H21N3O3/c27-21-15-23(20-14-18-4-2-8-26(18)16-24-20)29-22-6-5-17(13-19(21)22)3-1-7-25-9-11-28-12-10-25/h1-6,8,13-16H,7,9-12H2/b3-1-. The molecule has 0 unspecified atom stereocenters. The molecule has 4 heterocycles. The summed E-state index contributed by atoms with van der Waals surface area (Å²) < 4.78 is 13.3. The molecule has 0 amide bonds. The van der Waals surface area contributed by atoms with Gasteiger partial charge in [0.25, 0.3) is 0 Å². The number of rotatable bonds is 4. The molecule has 5 rings (SSSR count). The zero-order valence-electron chi connectivity index (χ0n) is 16.0. The number of hydrogen-bond donors (Lipinski definition) is 0. The summed E-state index contributed by atoms with van der Waals surface area (Å²) in [4.78, 5) is 19.5. The fourth-order valence-electron chi connectivity index (χ4n) is 3.60. The highest BCUT2D eigenvalue weighted by atomic mass is 16.5. The van der Waals surface area contributed by atoms with Crippen molar-refractivity contribution in [3.63, 3.8) is 0 Å². The van der Waals surface area contributed by atoms with Gasteiger partial charge in [0.1, 0.15) is 11.3 Å². The van der Waals surface area contributed by atoms with Crippen LogP contribution in [0.3, 0.4) is 0 Å². The summed E-state index contributed by atoms with van der Waals surface area (Å²) in [6.07, 6.45) is 7.82. The van der Waals surface area contributed by atoms with Crippen molar-refractivity contribution in [3.8, 4) is 11.5 Å². The van der Waals surface area contributed by atoms with Gasteiger partial charge in [-0.15, -0.1) is 0 Å². The summed E-state index contributed by atoms with van der Waals surface area (Å²) in [5, 5.41) is 0.575. The first-order chi connectivity index (χ1) is 14.3. The van der Waals surface area contributed by atoms with E-state index in [0.29, 0.717) is 22.4 Å². The molecule has 0 N–H and O–H groups in total. The van der Waals surface area contributed by atoms with Gasteiger partial charge in [-0.2, -0.15) is 0 Å². The number of benzene rings is 1. The molecule has 0 atom stereocenters. The fourth-order valence-corrected chi connectivity index (χ4v) is 3.60. The van der Waals surface area contributed by atoms with Gasteiger partial charge in [-0.1, -0.05) is 18.2 Å². The Morgan fingerprint density at radius 3 is 2.90 bits per heavy atom. The van der Waals surface area contributed by atoms with Gasteiger partial charge in [0, 0.05) is 37.4 Å². The third-order valence-corrected chi connectivity index (χ3v) is 5.20. The predicted octanol–water partition coefficient (Wildman–Crippen LogP) is 3.45. The van der Waals surface area contributed by atoms with Crippen LogP contribution in [-0.4, -0.2) is 47.1 Å². The number of aromatic nitrogens is 2. The van der Waals surface area contributed by atoms with Gasteiger partial charge in [-0.25, -0.2) is 4.98 Å². The Hall–Kier alpha value is -3.22. The lowest BCUT2D eigenvalue weighted by molar-refractivity contribution is 0.0435. The molecule has 4 aromatic rings. The van der Waals surface area contributed by atoms with Crippen LogP contribution in [0, 0.1) is 0 Å². The Bertz CT molecular complexity index is 1250. The number of fused-ring (bicyclic) bond motifs is 2. The van der Waals surface area contributed by atoms with Crippen LogP contribution < -0.4 is 5.43 Å². The molecule has 1 saturated heterocycles.